The van der Waals surface area contributed by atoms with Gasteiger partial charge in [0, 0.05) is 32.2 Å². The molecule has 0 aliphatic carbocycles. The number of ether oxygens (including phenoxy) is 1. The average Bonchev–Trinajstić information content (AvgIpc) is 3.00. The minimum absolute atomic E-state index is 0.0223. The molecule has 0 aromatic rings. The Morgan fingerprint density at radius 1 is 1.30 bits per heavy atom. The lowest BCUT2D eigenvalue weighted by atomic mass is 10.1. The van der Waals surface area contributed by atoms with Crippen molar-refractivity contribution in [2.45, 2.75) is 38.3 Å². The zero-order chi connectivity index (χ0) is 14.5. The molecule has 2 aliphatic rings. The Hall–Kier alpha value is -1.14. The lowest BCUT2D eigenvalue weighted by molar-refractivity contribution is -0.143. The zero-order valence-corrected chi connectivity index (χ0v) is 12.4. The second-order valence-electron chi connectivity index (χ2n) is 5.64. The summed E-state index contributed by atoms with van der Waals surface area (Å²) in [6.07, 6.45) is 2.46. The van der Waals surface area contributed by atoms with Crippen molar-refractivity contribution >= 4 is 11.9 Å². The fraction of sp³-hybridized carbons (Fsp3) is 0.857. The molecule has 2 rings (SSSR count). The van der Waals surface area contributed by atoms with Crippen LogP contribution in [-0.2, 0) is 14.3 Å². The van der Waals surface area contributed by atoms with Crippen LogP contribution < -0.4 is 5.32 Å². The number of amides is 1. The van der Waals surface area contributed by atoms with Gasteiger partial charge >= 0.3 is 5.97 Å². The summed E-state index contributed by atoms with van der Waals surface area (Å²) >= 11 is 0. The molecule has 1 N–H and O–H groups in total. The molecule has 114 valence electrons. The van der Waals surface area contributed by atoms with Crippen LogP contribution in [0.5, 0.6) is 0 Å². The summed E-state index contributed by atoms with van der Waals surface area (Å²) in [7, 11) is 1.42. The number of carbonyl (C=O) groups excluding carboxylic acids is 2. The summed E-state index contributed by atoms with van der Waals surface area (Å²) in [5, 5.41) is 3.26. The molecule has 0 spiro atoms. The van der Waals surface area contributed by atoms with Gasteiger partial charge in [-0.05, 0) is 26.3 Å². The zero-order valence-electron chi connectivity index (χ0n) is 12.4. The molecular formula is C14H25N3O3. The van der Waals surface area contributed by atoms with Crippen LogP contribution in [0.4, 0.5) is 0 Å². The van der Waals surface area contributed by atoms with Gasteiger partial charge in [0.1, 0.15) is 0 Å². The predicted octanol–water partition coefficient (Wildman–Crippen LogP) is -0.166. The number of hydrogen-bond donors (Lipinski definition) is 1. The number of methoxy groups -OCH3 is 1. The summed E-state index contributed by atoms with van der Waals surface area (Å²) < 4.78 is 4.70. The first-order valence-electron chi connectivity index (χ1n) is 7.45. The first-order valence-corrected chi connectivity index (χ1v) is 7.45. The first kappa shape index (κ1) is 15.3. The topological polar surface area (TPSA) is 61.9 Å². The Kier molecular flexibility index (Phi) is 5.37. The van der Waals surface area contributed by atoms with Crippen LogP contribution in [0.1, 0.15) is 26.2 Å². The van der Waals surface area contributed by atoms with Crippen molar-refractivity contribution in [3.8, 4) is 0 Å². The van der Waals surface area contributed by atoms with E-state index in [0.29, 0.717) is 6.42 Å². The second kappa shape index (κ2) is 7.04. The lowest BCUT2D eigenvalue weighted by Crippen LogP contribution is -2.54. The lowest BCUT2D eigenvalue weighted by Gasteiger charge is -2.38. The van der Waals surface area contributed by atoms with Crippen molar-refractivity contribution in [2.75, 3.05) is 39.8 Å². The van der Waals surface area contributed by atoms with E-state index in [-0.39, 0.29) is 24.0 Å². The number of esters is 1. The van der Waals surface area contributed by atoms with E-state index in [0.717, 1.165) is 45.6 Å². The van der Waals surface area contributed by atoms with Gasteiger partial charge in [0.15, 0.2) is 0 Å². The summed E-state index contributed by atoms with van der Waals surface area (Å²) in [6.45, 7) is 6.15. The molecule has 0 bridgehead atoms. The molecular weight excluding hydrogens is 258 g/mol. The summed E-state index contributed by atoms with van der Waals surface area (Å²) in [5.74, 6) is 0.0638. The molecule has 6 heteroatoms. The molecule has 1 amide bonds. The molecule has 2 saturated heterocycles. The maximum absolute atomic E-state index is 12.3. The molecule has 2 aliphatic heterocycles. The molecule has 2 heterocycles. The van der Waals surface area contributed by atoms with Crippen molar-refractivity contribution in [1.29, 1.82) is 0 Å². The van der Waals surface area contributed by atoms with Crippen LogP contribution >= 0.6 is 0 Å². The fourth-order valence-corrected chi connectivity index (χ4v) is 2.95. The van der Waals surface area contributed by atoms with Gasteiger partial charge in [-0.15, -0.1) is 0 Å². The Bertz CT molecular complexity index is 348. The molecule has 0 radical (unpaired) electrons. The Labute approximate surface area is 120 Å². The number of carbonyl (C=O) groups is 2. The maximum atomic E-state index is 12.3. The second-order valence-corrected chi connectivity index (χ2v) is 5.64. The third-order valence-electron chi connectivity index (χ3n) is 4.30. The Morgan fingerprint density at radius 2 is 2.00 bits per heavy atom. The van der Waals surface area contributed by atoms with E-state index in [1.165, 1.54) is 7.11 Å². The molecule has 0 aromatic heterocycles. The van der Waals surface area contributed by atoms with Crippen molar-refractivity contribution < 1.29 is 14.3 Å². The highest BCUT2D eigenvalue weighted by Gasteiger charge is 2.30. The standard InChI is InChI=1S/C14H25N3O3/c1-11(10-13(18)20-2)16-6-8-17(9-7-16)14(19)12-4-3-5-15-12/h11-12,15H,3-10H2,1-2H3. The molecule has 2 fully saturated rings. The third-order valence-corrected chi connectivity index (χ3v) is 4.30. The van der Waals surface area contributed by atoms with Gasteiger partial charge in [-0.1, -0.05) is 0 Å². The van der Waals surface area contributed by atoms with Gasteiger partial charge < -0.3 is 15.0 Å². The first-order chi connectivity index (χ1) is 9.61. The van der Waals surface area contributed by atoms with E-state index in [1.807, 2.05) is 11.8 Å². The van der Waals surface area contributed by atoms with Gasteiger partial charge in [0.25, 0.3) is 0 Å². The molecule has 0 saturated carbocycles. The summed E-state index contributed by atoms with van der Waals surface area (Å²) in [4.78, 5) is 27.8. The van der Waals surface area contributed by atoms with E-state index < -0.39 is 0 Å². The molecule has 20 heavy (non-hydrogen) atoms. The maximum Gasteiger partial charge on any atom is 0.307 e. The van der Waals surface area contributed by atoms with Crippen LogP contribution in [0.15, 0.2) is 0 Å². The molecule has 2 unspecified atom stereocenters. The van der Waals surface area contributed by atoms with Crippen molar-refractivity contribution in [1.82, 2.24) is 15.1 Å². The SMILES string of the molecule is COC(=O)CC(C)N1CCN(C(=O)C2CCCN2)CC1. The monoisotopic (exact) mass is 283 g/mol. The van der Waals surface area contributed by atoms with Crippen LogP contribution in [-0.4, -0.2) is 73.6 Å². The van der Waals surface area contributed by atoms with Crippen LogP contribution in [0.3, 0.4) is 0 Å². The molecule has 0 aromatic carbocycles. The van der Waals surface area contributed by atoms with Gasteiger partial charge in [-0.2, -0.15) is 0 Å². The number of nitrogens with one attached hydrogen (secondary N) is 1. The largest absolute Gasteiger partial charge is 0.469 e. The Balaban J connectivity index is 1.76. The van der Waals surface area contributed by atoms with Crippen LogP contribution in [0.2, 0.25) is 0 Å². The number of piperazine rings is 1. The smallest absolute Gasteiger partial charge is 0.307 e. The van der Waals surface area contributed by atoms with Crippen molar-refractivity contribution in [2.24, 2.45) is 0 Å². The van der Waals surface area contributed by atoms with Gasteiger partial charge in [0.2, 0.25) is 5.91 Å². The minimum Gasteiger partial charge on any atom is -0.469 e. The summed E-state index contributed by atoms with van der Waals surface area (Å²) in [6, 6.07) is 0.193. The molecule has 2 atom stereocenters. The van der Waals surface area contributed by atoms with Crippen LogP contribution in [0.25, 0.3) is 0 Å². The number of rotatable bonds is 4. The van der Waals surface area contributed by atoms with E-state index in [9.17, 15) is 9.59 Å². The highest BCUT2D eigenvalue weighted by molar-refractivity contribution is 5.82. The number of nitrogens with zero attached hydrogens (tertiary/aromatic N) is 2. The normalized spacial score (nSPS) is 25.5. The third kappa shape index (κ3) is 3.70. The van der Waals surface area contributed by atoms with Crippen LogP contribution in [0, 0.1) is 0 Å². The fourth-order valence-electron chi connectivity index (χ4n) is 2.95. The molecule has 6 nitrogen and oxygen atoms in total. The van der Waals surface area contributed by atoms with Gasteiger partial charge in [-0.3, -0.25) is 14.5 Å². The van der Waals surface area contributed by atoms with E-state index >= 15 is 0 Å². The Morgan fingerprint density at radius 3 is 2.55 bits per heavy atom. The van der Waals surface area contributed by atoms with E-state index in [2.05, 4.69) is 10.2 Å². The van der Waals surface area contributed by atoms with Crippen molar-refractivity contribution in [3.63, 3.8) is 0 Å². The number of hydrogen-bond acceptors (Lipinski definition) is 5. The minimum atomic E-state index is -0.175. The highest BCUT2D eigenvalue weighted by atomic mass is 16.5. The van der Waals surface area contributed by atoms with Gasteiger partial charge in [-0.25, -0.2) is 0 Å². The van der Waals surface area contributed by atoms with Gasteiger partial charge in [0.05, 0.1) is 19.6 Å². The highest BCUT2D eigenvalue weighted by Crippen LogP contribution is 2.13. The predicted molar refractivity (Wildman–Crippen MR) is 75.3 cm³/mol. The van der Waals surface area contributed by atoms with E-state index in [4.69, 9.17) is 4.74 Å². The van der Waals surface area contributed by atoms with E-state index in [1.54, 1.807) is 0 Å². The van der Waals surface area contributed by atoms with Crippen molar-refractivity contribution in [3.05, 3.63) is 0 Å². The quantitative estimate of drug-likeness (QED) is 0.726. The average molecular weight is 283 g/mol. The summed E-state index contributed by atoms with van der Waals surface area (Å²) in [5.41, 5.74) is 0.